The Morgan fingerprint density at radius 1 is 1.15 bits per heavy atom. The van der Waals surface area contributed by atoms with Crippen molar-refractivity contribution in [3.63, 3.8) is 0 Å². The van der Waals surface area contributed by atoms with Gasteiger partial charge in [0.25, 0.3) is 0 Å². The molecule has 6 atom stereocenters. The van der Waals surface area contributed by atoms with E-state index in [1.165, 1.54) is 0 Å². The molecule has 0 aromatic carbocycles. The van der Waals surface area contributed by atoms with Gasteiger partial charge in [-0.2, -0.15) is 0 Å². The molecule has 3 rings (SSSR count). The van der Waals surface area contributed by atoms with Crippen LogP contribution < -0.4 is 0 Å². The summed E-state index contributed by atoms with van der Waals surface area (Å²) >= 11 is 0. The number of hydrogen-bond donors (Lipinski definition) is 1. The van der Waals surface area contributed by atoms with Crippen LogP contribution in [0.15, 0.2) is 25.3 Å². The van der Waals surface area contributed by atoms with Crippen molar-refractivity contribution in [2.45, 2.75) is 102 Å². The Labute approximate surface area is 234 Å². The summed E-state index contributed by atoms with van der Waals surface area (Å²) in [6, 6.07) is -0.791. The van der Waals surface area contributed by atoms with Crippen molar-refractivity contribution < 1.29 is 29.0 Å². The Morgan fingerprint density at radius 2 is 1.92 bits per heavy atom. The van der Waals surface area contributed by atoms with Crippen molar-refractivity contribution in [2.24, 2.45) is 17.8 Å². The highest BCUT2D eigenvalue weighted by atomic mass is 16.6. The molecule has 0 saturated carbocycles. The fourth-order valence-corrected chi connectivity index (χ4v) is 7.01. The monoisotopic (exact) mass is 546 g/mol. The number of carbonyl (C=O) groups is 3. The van der Waals surface area contributed by atoms with Gasteiger partial charge in [0.05, 0.1) is 18.1 Å². The molecule has 3 heterocycles. The standard InChI is InChI=1S/C31H50N2O6/c1-6-9-11-16-21-38-29(37)25-24-27(35)33(19-14-12-15-20-34)26(31(24)22-23(4)30(25,5)39-31)28(36)32(17-8-3)18-13-10-7-2/h6,8,23-26,34H,1,3,7,9-22H2,2,4-5H3/t23?,24-,25-,26?,30+,31?/m0/s1. The maximum Gasteiger partial charge on any atom is 0.312 e. The van der Waals surface area contributed by atoms with Gasteiger partial charge in [-0.05, 0) is 64.2 Å². The van der Waals surface area contributed by atoms with Gasteiger partial charge in [0.2, 0.25) is 11.8 Å². The Hall–Kier alpha value is -2.19. The van der Waals surface area contributed by atoms with E-state index in [1.54, 1.807) is 15.9 Å². The molecule has 8 heteroatoms. The molecular formula is C31H50N2O6. The molecule has 2 bridgehead atoms. The van der Waals surface area contributed by atoms with Crippen molar-refractivity contribution in [2.75, 3.05) is 32.8 Å². The van der Waals surface area contributed by atoms with Gasteiger partial charge < -0.3 is 24.4 Å². The fourth-order valence-electron chi connectivity index (χ4n) is 7.01. The number of ether oxygens (including phenoxy) is 2. The summed E-state index contributed by atoms with van der Waals surface area (Å²) in [5, 5.41) is 9.25. The highest BCUT2D eigenvalue weighted by Gasteiger charge is 2.80. The number of amides is 2. The lowest BCUT2D eigenvalue weighted by atomic mass is 9.62. The third-order valence-corrected chi connectivity index (χ3v) is 9.10. The highest BCUT2D eigenvalue weighted by Crippen LogP contribution is 2.65. The van der Waals surface area contributed by atoms with Crippen molar-refractivity contribution in [3.8, 4) is 0 Å². The van der Waals surface area contributed by atoms with Crippen LogP contribution in [0.25, 0.3) is 0 Å². The van der Waals surface area contributed by atoms with Crippen LogP contribution in [0.5, 0.6) is 0 Å². The fraction of sp³-hybridized carbons (Fsp3) is 0.774. The smallest absolute Gasteiger partial charge is 0.312 e. The Bertz CT molecular complexity index is 892. The number of rotatable bonds is 18. The molecule has 1 spiro atoms. The third kappa shape index (κ3) is 6.12. The molecule has 0 aromatic rings. The third-order valence-electron chi connectivity index (χ3n) is 9.10. The quantitative estimate of drug-likeness (QED) is 0.157. The van der Waals surface area contributed by atoms with E-state index in [0.717, 1.165) is 44.9 Å². The number of likely N-dealkylation sites (tertiary alicyclic amines) is 1. The van der Waals surface area contributed by atoms with Crippen LogP contribution in [-0.2, 0) is 23.9 Å². The van der Waals surface area contributed by atoms with Crippen LogP contribution in [0.1, 0.15) is 85.0 Å². The second-order valence-electron chi connectivity index (χ2n) is 11.8. The zero-order valence-electron chi connectivity index (χ0n) is 24.4. The molecule has 0 radical (unpaired) electrons. The second-order valence-corrected chi connectivity index (χ2v) is 11.8. The van der Waals surface area contributed by atoms with Gasteiger partial charge in [0, 0.05) is 26.2 Å². The summed E-state index contributed by atoms with van der Waals surface area (Å²) < 4.78 is 12.5. The lowest BCUT2D eigenvalue weighted by Crippen LogP contribution is -2.56. The Balaban J connectivity index is 1.94. The van der Waals surface area contributed by atoms with E-state index in [1.807, 2.05) is 19.9 Å². The van der Waals surface area contributed by atoms with E-state index < -0.39 is 35.0 Å². The van der Waals surface area contributed by atoms with E-state index in [4.69, 9.17) is 9.47 Å². The van der Waals surface area contributed by atoms with E-state index >= 15 is 0 Å². The van der Waals surface area contributed by atoms with Gasteiger partial charge in [-0.25, -0.2) is 0 Å². The number of carbonyl (C=O) groups excluding carboxylic acids is 3. The first-order chi connectivity index (χ1) is 18.7. The number of esters is 1. The van der Waals surface area contributed by atoms with Gasteiger partial charge in [-0.15, -0.1) is 13.2 Å². The van der Waals surface area contributed by atoms with Crippen molar-refractivity contribution >= 4 is 17.8 Å². The minimum absolute atomic E-state index is 0.0162. The van der Waals surface area contributed by atoms with Gasteiger partial charge in [-0.3, -0.25) is 14.4 Å². The number of nitrogens with zero attached hydrogens (tertiary/aromatic N) is 2. The van der Waals surface area contributed by atoms with Crippen molar-refractivity contribution in [1.29, 1.82) is 0 Å². The molecule has 220 valence electrons. The summed E-state index contributed by atoms with van der Waals surface area (Å²) in [7, 11) is 0. The van der Waals surface area contributed by atoms with Gasteiger partial charge in [0.1, 0.15) is 17.6 Å². The number of unbranched alkanes of at least 4 members (excludes halogenated alkanes) is 6. The largest absolute Gasteiger partial charge is 0.465 e. The van der Waals surface area contributed by atoms with Crippen molar-refractivity contribution in [1.82, 2.24) is 9.80 Å². The van der Waals surface area contributed by atoms with E-state index in [-0.39, 0.29) is 24.3 Å². The molecule has 3 aliphatic rings. The molecule has 3 aliphatic heterocycles. The first kappa shape index (κ1) is 31.3. The minimum Gasteiger partial charge on any atom is -0.465 e. The van der Waals surface area contributed by atoms with Crippen LogP contribution in [-0.4, -0.2) is 82.8 Å². The lowest BCUT2D eigenvalue weighted by Gasteiger charge is -2.37. The number of aliphatic hydroxyl groups excluding tert-OH is 1. The molecule has 3 saturated heterocycles. The minimum atomic E-state index is -1.06. The average Bonchev–Trinajstić information content (AvgIpc) is 3.42. The molecular weight excluding hydrogens is 496 g/mol. The maximum absolute atomic E-state index is 14.3. The number of aliphatic hydroxyl groups is 1. The molecule has 3 unspecified atom stereocenters. The zero-order valence-corrected chi connectivity index (χ0v) is 24.4. The van der Waals surface area contributed by atoms with Crippen LogP contribution in [0, 0.1) is 17.8 Å². The van der Waals surface area contributed by atoms with Crippen molar-refractivity contribution in [3.05, 3.63) is 25.3 Å². The van der Waals surface area contributed by atoms with Crippen LogP contribution in [0.4, 0.5) is 0 Å². The number of hydrogen-bond acceptors (Lipinski definition) is 6. The molecule has 0 aliphatic carbocycles. The Morgan fingerprint density at radius 3 is 2.59 bits per heavy atom. The highest BCUT2D eigenvalue weighted by molar-refractivity contribution is 5.98. The first-order valence-corrected chi connectivity index (χ1v) is 15.0. The van der Waals surface area contributed by atoms with Crippen LogP contribution in [0.2, 0.25) is 0 Å². The van der Waals surface area contributed by atoms with Gasteiger partial charge in [0.15, 0.2) is 0 Å². The summed E-state index contributed by atoms with van der Waals surface area (Å²) in [5.74, 6) is -2.22. The molecule has 39 heavy (non-hydrogen) atoms. The number of fused-ring (bicyclic) bond motifs is 1. The molecule has 3 fully saturated rings. The average molecular weight is 547 g/mol. The summed E-state index contributed by atoms with van der Waals surface area (Å²) in [5.41, 5.74) is -1.93. The lowest BCUT2D eigenvalue weighted by molar-refractivity contribution is -0.162. The zero-order chi connectivity index (χ0) is 28.6. The molecule has 2 amide bonds. The van der Waals surface area contributed by atoms with E-state index in [0.29, 0.717) is 45.5 Å². The number of allylic oxidation sites excluding steroid dienone is 1. The molecule has 1 N–H and O–H groups in total. The topological polar surface area (TPSA) is 96.4 Å². The first-order valence-electron chi connectivity index (χ1n) is 15.0. The summed E-state index contributed by atoms with van der Waals surface area (Å²) in [4.78, 5) is 45.5. The SMILES string of the molecule is C=CCCCCOC(=O)[C@@H]1[C@H]2C(=O)N(CCCCCO)C(C(=O)N(CC=C)CCCCC)C23CC(C)[C@@]1(C)O3. The van der Waals surface area contributed by atoms with Gasteiger partial charge >= 0.3 is 5.97 Å². The predicted molar refractivity (Wildman–Crippen MR) is 151 cm³/mol. The summed E-state index contributed by atoms with van der Waals surface area (Å²) in [6.07, 6.45) is 11.6. The van der Waals surface area contributed by atoms with Crippen LogP contribution >= 0.6 is 0 Å². The van der Waals surface area contributed by atoms with E-state index in [9.17, 15) is 19.5 Å². The van der Waals surface area contributed by atoms with E-state index in [2.05, 4.69) is 20.1 Å². The maximum atomic E-state index is 14.3. The molecule has 8 nitrogen and oxygen atoms in total. The van der Waals surface area contributed by atoms with Crippen LogP contribution in [0.3, 0.4) is 0 Å². The summed E-state index contributed by atoms with van der Waals surface area (Å²) in [6.45, 7) is 15.4. The molecule has 0 aromatic heterocycles. The Kier molecular flexibility index (Phi) is 11.2. The van der Waals surface area contributed by atoms with Gasteiger partial charge in [-0.1, -0.05) is 38.8 Å². The predicted octanol–water partition coefficient (Wildman–Crippen LogP) is 4.26. The normalized spacial score (nSPS) is 30.9. The second kappa shape index (κ2) is 13.9.